The van der Waals surface area contributed by atoms with Crippen molar-refractivity contribution >= 4 is 0 Å². The first-order valence-corrected chi connectivity index (χ1v) is 5.54. The van der Waals surface area contributed by atoms with Crippen molar-refractivity contribution in [1.82, 2.24) is 0 Å². The van der Waals surface area contributed by atoms with Crippen molar-refractivity contribution in [3.63, 3.8) is 0 Å². The maximum Gasteiger partial charge on any atom is -0.0198 e. The molecule has 0 heteroatoms. The molecule has 0 radical (unpaired) electrons. The van der Waals surface area contributed by atoms with E-state index in [9.17, 15) is 0 Å². The van der Waals surface area contributed by atoms with Crippen LogP contribution < -0.4 is 0 Å². The third-order valence-electron chi connectivity index (χ3n) is 2.76. The Bertz CT molecular complexity index is 359. The Morgan fingerprint density at radius 1 is 1.33 bits per heavy atom. The number of hydrogen-bond donors (Lipinski definition) is 0. The van der Waals surface area contributed by atoms with E-state index >= 15 is 0 Å². The van der Waals surface area contributed by atoms with Crippen molar-refractivity contribution in [2.24, 2.45) is 0 Å². The lowest BCUT2D eigenvalue weighted by Gasteiger charge is -2.16. The predicted molar refractivity (Wildman–Crippen MR) is 68.8 cm³/mol. The van der Waals surface area contributed by atoms with E-state index in [-0.39, 0.29) is 0 Å². The van der Waals surface area contributed by atoms with Crippen LogP contribution in [0.2, 0.25) is 0 Å². The van der Waals surface area contributed by atoms with Crippen LogP contribution in [-0.2, 0) is 0 Å². The zero-order valence-corrected chi connectivity index (χ0v) is 10.0. The minimum Gasteiger partial charge on any atom is -0.0991 e. The van der Waals surface area contributed by atoms with Crippen LogP contribution in [-0.4, -0.2) is 0 Å². The fourth-order valence-electron chi connectivity index (χ4n) is 1.98. The van der Waals surface area contributed by atoms with Gasteiger partial charge in [0.2, 0.25) is 0 Å². The van der Waals surface area contributed by atoms with E-state index in [1.54, 1.807) is 0 Å². The molecule has 15 heavy (non-hydrogen) atoms. The summed E-state index contributed by atoms with van der Waals surface area (Å²) in [6.45, 7) is 10.2. The molecule has 1 aliphatic rings. The molecule has 0 saturated heterocycles. The summed E-state index contributed by atoms with van der Waals surface area (Å²) >= 11 is 0. The molecule has 0 atom stereocenters. The summed E-state index contributed by atoms with van der Waals surface area (Å²) in [5.41, 5.74) is 5.40. The number of rotatable bonds is 3. The first-order valence-electron chi connectivity index (χ1n) is 5.54. The zero-order chi connectivity index (χ0) is 11.3. The van der Waals surface area contributed by atoms with Crippen LogP contribution in [0.15, 0.2) is 59.3 Å². The standard InChI is InChI=1S/C15H20/c1-5-9-12(3)14(6-2)15-11-8-7-10-13(15)4/h5-6,9-11H,1,7-8H2,2-4H3/b12-9-,14-6+. The van der Waals surface area contributed by atoms with Crippen molar-refractivity contribution in [1.29, 1.82) is 0 Å². The zero-order valence-electron chi connectivity index (χ0n) is 10.0. The predicted octanol–water partition coefficient (Wildman–Crippen LogP) is 4.73. The van der Waals surface area contributed by atoms with Crippen molar-refractivity contribution in [2.45, 2.75) is 33.6 Å². The molecule has 1 aliphatic carbocycles. The average Bonchev–Trinajstić information content (AvgIpc) is 2.22. The second-order valence-corrected chi connectivity index (χ2v) is 3.87. The molecule has 0 heterocycles. The van der Waals surface area contributed by atoms with Gasteiger partial charge in [-0.05, 0) is 55.9 Å². The summed E-state index contributed by atoms with van der Waals surface area (Å²) in [6.07, 6.45) is 13.1. The van der Waals surface area contributed by atoms with Crippen LogP contribution in [0.4, 0.5) is 0 Å². The quantitative estimate of drug-likeness (QED) is 0.578. The Labute approximate surface area is 93.4 Å². The van der Waals surface area contributed by atoms with Gasteiger partial charge in [0.1, 0.15) is 0 Å². The van der Waals surface area contributed by atoms with Crippen LogP contribution >= 0.6 is 0 Å². The van der Waals surface area contributed by atoms with Gasteiger partial charge in [0.25, 0.3) is 0 Å². The van der Waals surface area contributed by atoms with Crippen molar-refractivity contribution in [3.8, 4) is 0 Å². The van der Waals surface area contributed by atoms with Crippen LogP contribution in [0.3, 0.4) is 0 Å². The molecule has 0 fully saturated rings. The van der Waals surface area contributed by atoms with Crippen LogP contribution in [0.1, 0.15) is 33.6 Å². The minimum absolute atomic E-state index is 1.16. The van der Waals surface area contributed by atoms with Gasteiger partial charge >= 0.3 is 0 Å². The van der Waals surface area contributed by atoms with E-state index in [2.05, 4.69) is 51.7 Å². The van der Waals surface area contributed by atoms with E-state index < -0.39 is 0 Å². The first kappa shape index (κ1) is 11.8. The van der Waals surface area contributed by atoms with E-state index in [1.807, 2.05) is 6.08 Å². The molecule has 0 unspecified atom stereocenters. The Hall–Kier alpha value is -1.30. The molecule has 0 saturated carbocycles. The third-order valence-corrected chi connectivity index (χ3v) is 2.76. The molecular formula is C15H20. The van der Waals surface area contributed by atoms with E-state index in [0.717, 1.165) is 6.42 Å². The summed E-state index contributed by atoms with van der Waals surface area (Å²) in [7, 11) is 0. The van der Waals surface area contributed by atoms with Gasteiger partial charge in [0, 0.05) is 0 Å². The topological polar surface area (TPSA) is 0 Å². The first-order chi connectivity index (χ1) is 7.20. The Kier molecular flexibility index (Phi) is 4.36. The van der Waals surface area contributed by atoms with E-state index in [4.69, 9.17) is 0 Å². The Morgan fingerprint density at radius 2 is 2.00 bits per heavy atom. The SMILES string of the molecule is C=C/C=C(C)\C(=C/C)C1=CCCC=C1C. The molecule has 0 amide bonds. The Morgan fingerprint density at radius 3 is 2.53 bits per heavy atom. The van der Waals surface area contributed by atoms with Crippen LogP contribution in [0.25, 0.3) is 0 Å². The maximum absolute atomic E-state index is 3.74. The second-order valence-electron chi connectivity index (χ2n) is 3.87. The molecule has 0 aromatic carbocycles. The third kappa shape index (κ3) is 2.82. The monoisotopic (exact) mass is 200 g/mol. The molecule has 0 spiro atoms. The molecule has 0 bridgehead atoms. The molecule has 0 nitrogen and oxygen atoms in total. The second kappa shape index (κ2) is 5.55. The molecule has 0 N–H and O–H groups in total. The maximum atomic E-state index is 3.74. The van der Waals surface area contributed by atoms with Gasteiger partial charge in [0.15, 0.2) is 0 Å². The fourth-order valence-corrected chi connectivity index (χ4v) is 1.98. The highest BCUT2D eigenvalue weighted by Gasteiger charge is 2.10. The summed E-state index contributed by atoms with van der Waals surface area (Å²) < 4.78 is 0. The van der Waals surface area contributed by atoms with E-state index in [1.165, 1.54) is 28.7 Å². The van der Waals surface area contributed by atoms with Crippen LogP contribution in [0, 0.1) is 0 Å². The van der Waals surface area contributed by atoms with Gasteiger partial charge < -0.3 is 0 Å². The van der Waals surface area contributed by atoms with Crippen molar-refractivity contribution in [2.75, 3.05) is 0 Å². The number of hydrogen-bond acceptors (Lipinski definition) is 0. The minimum atomic E-state index is 1.16. The molecule has 1 rings (SSSR count). The highest BCUT2D eigenvalue weighted by molar-refractivity contribution is 5.55. The molecule has 0 aromatic rings. The summed E-state index contributed by atoms with van der Waals surface area (Å²) in [5, 5.41) is 0. The van der Waals surface area contributed by atoms with Gasteiger partial charge in [-0.3, -0.25) is 0 Å². The molecule has 0 aromatic heterocycles. The van der Waals surface area contributed by atoms with Gasteiger partial charge in [-0.1, -0.05) is 37.0 Å². The lowest BCUT2D eigenvalue weighted by atomic mass is 9.89. The van der Waals surface area contributed by atoms with Gasteiger partial charge in [-0.15, -0.1) is 0 Å². The average molecular weight is 200 g/mol. The lowest BCUT2D eigenvalue weighted by Crippen LogP contribution is -1.97. The Balaban J connectivity index is 3.04. The van der Waals surface area contributed by atoms with Gasteiger partial charge in [0.05, 0.1) is 0 Å². The van der Waals surface area contributed by atoms with E-state index in [0.29, 0.717) is 0 Å². The highest BCUT2D eigenvalue weighted by Crippen LogP contribution is 2.29. The summed E-state index contributed by atoms with van der Waals surface area (Å²) in [4.78, 5) is 0. The molecular weight excluding hydrogens is 180 g/mol. The number of allylic oxidation sites excluding steroid dienone is 9. The smallest absolute Gasteiger partial charge is 0.0198 e. The summed E-state index contributed by atoms with van der Waals surface area (Å²) in [5.74, 6) is 0. The lowest BCUT2D eigenvalue weighted by molar-refractivity contribution is 0.993. The largest absolute Gasteiger partial charge is 0.0991 e. The van der Waals surface area contributed by atoms with Crippen LogP contribution in [0.5, 0.6) is 0 Å². The van der Waals surface area contributed by atoms with Gasteiger partial charge in [-0.25, -0.2) is 0 Å². The highest BCUT2D eigenvalue weighted by atomic mass is 14.1. The summed E-state index contributed by atoms with van der Waals surface area (Å²) in [6, 6.07) is 0. The molecule has 0 aliphatic heterocycles. The normalized spacial score (nSPS) is 18.3. The fraction of sp³-hybridized carbons (Fsp3) is 0.333. The molecule has 80 valence electrons. The van der Waals surface area contributed by atoms with Crippen molar-refractivity contribution < 1.29 is 0 Å². The van der Waals surface area contributed by atoms with Gasteiger partial charge in [-0.2, -0.15) is 0 Å². The van der Waals surface area contributed by atoms with Crippen molar-refractivity contribution in [3.05, 3.63) is 59.3 Å².